The molecule has 3 aromatic carbocycles. The van der Waals surface area contributed by atoms with E-state index in [-0.39, 0.29) is 6.09 Å². The first-order valence-electron chi connectivity index (χ1n) is 11.5. The van der Waals surface area contributed by atoms with E-state index in [0.29, 0.717) is 19.0 Å². The molecular formula is C28H32N2O3. The minimum atomic E-state index is -0.470. The van der Waals surface area contributed by atoms with Gasteiger partial charge in [0.1, 0.15) is 17.1 Å². The standard InChI is InChI=1S/C28H32N2O3/c1-28(2,3)33-27(31)30-17-15-20(16-18-30)22-7-6-8-24(19-22)32-26-10-5-4-9-25(26)21-11-13-23(29)14-12-21/h4-14,19-20H,15-18,29H2,1-3H3. The fourth-order valence-corrected chi connectivity index (χ4v) is 4.14. The molecule has 0 atom stereocenters. The van der Waals surface area contributed by atoms with Gasteiger partial charge in [0.05, 0.1) is 0 Å². The van der Waals surface area contributed by atoms with Crippen LogP contribution in [0.4, 0.5) is 10.5 Å². The van der Waals surface area contributed by atoms with Crippen molar-refractivity contribution in [3.63, 3.8) is 0 Å². The van der Waals surface area contributed by atoms with Crippen LogP contribution in [0.25, 0.3) is 11.1 Å². The molecule has 1 heterocycles. The molecule has 0 bridgehead atoms. The molecule has 1 aliphatic heterocycles. The number of nitrogen functional groups attached to an aromatic ring is 1. The van der Waals surface area contributed by atoms with E-state index in [1.165, 1.54) is 5.56 Å². The van der Waals surface area contributed by atoms with Crippen molar-refractivity contribution in [2.45, 2.75) is 45.1 Å². The molecule has 33 heavy (non-hydrogen) atoms. The lowest BCUT2D eigenvalue weighted by molar-refractivity contribution is 0.0205. The topological polar surface area (TPSA) is 64.8 Å². The van der Waals surface area contributed by atoms with Gasteiger partial charge in [0.15, 0.2) is 0 Å². The zero-order valence-electron chi connectivity index (χ0n) is 19.6. The highest BCUT2D eigenvalue weighted by atomic mass is 16.6. The molecule has 1 fully saturated rings. The summed E-state index contributed by atoms with van der Waals surface area (Å²) < 4.78 is 11.8. The first-order chi connectivity index (χ1) is 15.8. The molecule has 1 amide bonds. The second kappa shape index (κ2) is 9.57. The van der Waals surface area contributed by atoms with Gasteiger partial charge in [-0.3, -0.25) is 0 Å². The number of ether oxygens (including phenoxy) is 2. The average Bonchev–Trinajstić information content (AvgIpc) is 2.79. The Morgan fingerprint density at radius 1 is 0.939 bits per heavy atom. The number of amides is 1. The third kappa shape index (κ3) is 5.86. The van der Waals surface area contributed by atoms with E-state index >= 15 is 0 Å². The van der Waals surface area contributed by atoms with Crippen molar-refractivity contribution in [3.05, 3.63) is 78.4 Å². The monoisotopic (exact) mass is 444 g/mol. The van der Waals surface area contributed by atoms with Crippen molar-refractivity contribution in [2.24, 2.45) is 0 Å². The van der Waals surface area contributed by atoms with Gasteiger partial charge in [-0.25, -0.2) is 4.79 Å². The number of nitrogens with two attached hydrogens (primary N) is 1. The molecule has 5 nitrogen and oxygen atoms in total. The Morgan fingerprint density at radius 2 is 1.64 bits per heavy atom. The summed E-state index contributed by atoms with van der Waals surface area (Å²) in [6.45, 7) is 7.09. The third-order valence-corrected chi connectivity index (χ3v) is 5.81. The number of carbonyl (C=O) groups excluding carboxylic acids is 1. The van der Waals surface area contributed by atoms with E-state index in [0.717, 1.165) is 41.2 Å². The second-order valence-corrected chi connectivity index (χ2v) is 9.53. The summed E-state index contributed by atoms with van der Waals surface area (Å²) >= 11 is 0. The number of piperidine rings is 1. The Bertz CT molecular complexity index is 1090. The molecule has 0 spiro atoms. The molecule has 0 saturated carbocycles. The molecule has 0 aliphatic carbocycles. The quantitative estimate of drug-likeness (QED) is 0.447. The van der Waals surface area contributed by atoms with Crippen LogP contribution in [-0.2, 0) is 4.74 Å². The van der Waals surface area contributed by atoms with Crippen molar-refractivity contribution >= 4 is 11.8 Å². The number of rotatable bonds is 4. The van der Waals surface area contributed by atoms with Crippen molar-refractivity contribution in [1.82, 2.24) is 4.90 Å². The highest BCUT2D eigenvalue weighted by Crippen LogP contribution is 2.36. The molecule has 4 rings (SSSR count). The molecule has 0 aromatic heterocycles. The number of anilines is 1. The normalized spacial score (nSPS) is 14.7. The first-order valence-corrected chi connectivity index (χ1v) is 11.5. The fourth-order valence-electron chi connectivity index (χ4n) is 4.14. The van der Waals surface area contributed by atoms with E-state index in [1.807, 2.05) is 80.3 Å². The van der Waals surface area contributed by atoms with Crippen molar-refractivity contribution in [1.29, 1.82) is 0 Å². The largest absolute Gasteiger partial charge is 0.457 e. The fraction of sp³-hybridized carbons (Fsp3) is 0.321. The van der Waals surface area contributed by atoms with Gasteiger partial charge in [0.2, 0.25) is 0 Å². The molecule has 1 aliphatic rings. The lowest BCUT2D eigenvalue weighted by Crippen LogP contribution is -2.41. The predicted molar refractivity (Wildman–Crippen MR) is 133 cm³/mol. The number of carbonyl (C=O) groups is 1. The molecule has 0 radical (unpaired) electrons. The minimum Gasteiger partial charge on any atom is -0.457 e. The molecule has 0 unspecified atom stereocenters. The highest BCUT2D eigenvalue weighted by molar-refractivity contribution is 5.72. The van der Waals surface area contributed by atoms with Crippen LogP contribution in [0.3, 0.4) is 0 Å². The number of likely N-dealkylation sites (tertiary alicyclic amines) is 1. The van der Waals surface area contributed by atoms with Crippen LogP contribution in [0.15, 0.2) is 72.8 Å². The number of benzene rings is 3. The highest BCUT2D eigenvalue weighted by Gasteiger charge is 2.27. The molecule has 3 aromatic rings. The summed E-state index contributed by atoms with van der Waals surface area (Å²) in [6, 6.07) is 24.1. The van der Waals surface area contributed by atoms with Gasteiger partial charge >= 0.3 is 6.09 Å². The summed E-state index contributed by atoms with van der Waals surface area (Å²) in [4.78, 5) is 14.2. The summed E-state index contributed by atoms with van der Waals surface area (Å²) in [6.07, 6.45) is 1.59. The van der Waals surface area contributed by atoms with Crippen molar-refractivity contribution < 1.29 is 14.3 Å². The van der Waals surface area contributed by atoms with Crippen LogP contribution in [0.2, 0.25) is 0 Å². The SMILES string of the molecule is CC(C)(C)OC(=O)N1CCC(c2cccc(Oc3ccccc3-c3ccc(N)cc3)c2)CC1. The molecule has 172 valence electrons. The van der Waals surface area contributed by atoms with E-state index < -0.39 is 5.60 Å². The molecular weight excluding hydrogens is 412 g/mol. The van der Waals surface area contributed by atoms with Crippen LogP contribution < -0.4 is 10.5 Å². The lowest BCUT2D eigenvalue weighted by Gasteiger charge is -2.33. The van der Waals surface area contributed by atoms with E-state index in [1.54, 1.807) is 0 Å². The van der Waals surface area contributed by atoms with Crippen LogP contribution in [0.5, 0.6) is 11.5 Å². The Morgan fingerprint density at radius 3 is 2.33 bits per heavy atom. The Hall–Kier alpha value is -3.47. The third-order valence-electron chi connectivity index (χ3n) is 5.81. The first kappa shape index (κ1) is 22.7. The maximum Gasteiger partial charge on any atom is 0.410 e. The maximum atomic E-state index is 12.4. The summed E-state index contributed by atoms with van der Waals surface area (Å²) in [5.74, 6) is 2.00. The van der Waals surface area contributed by atoms with Gasteiger partial charge in [-0.05, 0) is 81.0 Å². The van der Waals surface area contributed by atoms with Gasteiger partial charge in [-0.15, -0.1) is 0 Å². The lowest BCUT2D eigenvalue weighted by atomic mass is 9.89. The van der Waals surface area contributed by atoms with Gasteiger partial charge in [0.25, 0.3) is 0 Å². The van der Waals surface area contributed by atoms with Crippen LogP contribution in [-0.4, -0.2) is 29.7 Å². The summed E-state index contributed by atoms with van der Waals surface area (Å²) in [5, 5.41) is 0. The average molecular weight is 445 g/mol. The Kier molecular flexibility index (Phi) is 6.59. The van der Waals surface area contributed by atoms with Crippen LogP contribution in [0.1, 0.15) is 45.1 Å². The Labute approximate surface area is 196 Å². The molecule has 1 saturated heterocycles. The summed E-state index contributed by atoms with van der Waals surface area (Å²) in [7, 11) is 0. The second-order valence-electron chi connectivity index (χ2n) is 9.53. The van der Waals surface area contributed by atoms with Gasteiger partial charge in [-0.2, -0.15) is 0 Å². The predicted octanol–water partition coefficient (Wildman–Crippen LogP) is 6.84. The van der Waals surface area contributed by atoms with Crippen molar-refractivity contribution in [3.8, 4) is 22.6 Å². The molecule has 5 heteroatoms. The number of hydrogen-bond donors (Lipinski definition) is 1. The zero-order chi connectivity index (χ0) is 23.4. The Balaban J connectivity index is 1.45. The van der Waals surface area contributed by atoms with Crippen LogP contribution >= 0.6 is 0 Å². The van der Waals surface area contributed by atoms with Gasteiger partial charge < -0.3 is 20.1 Å². The van der Waals surface area contributed by atoms with Crippen molar-refractivity contribution in [2.75, 3.05) is 18.8 Å². The number of para-hydroxylation sites is 1. The van der Waals surface area contributed by atoms with E-state index in [9.17, 15) is 4.79 Å². The number of nitrogens with zero attached hydrogens (tertiary/aromatic N) is 1. The molecule has 2 N–H and O–H groups in total. The number of hydrogen-bond acceptors (Lipinski definition) is 4. The van der Waals surface area contributed by atoms with Gasteiger partial charge in [-0.1, -0.05) is 42.5 Å². The minimum absolute atomic E-state index is 0.225. The zero-order valence-corrected chi connectivity index (χ0v) is 19.6. The van der Waals surface area contributed by atoms with E-state index in [4.69, 9.17) is 15.2 Å². The van der Waals surface area contributed by atoms with Crippen LogP contribution in [0, 0.1) is 0 Å². The van der Waals surface area contributed by atoms with Gasteiger partial charge in [0, 0.05) is 24.3 Å². The maximum absolute atomic E-state index is 12.4. The summed E-state index contributed by atoms with van der Waals surface area (Å²) in [5.41, 5.74) is 9.43. The smallest absolute Gasteiger partial charge is 0.410 e. The van der Waals surface area contributed by atoms with E-state index in [2.05, 4.69) is 18.2 Å².